The van der Waals surface area contributed by atoms with Crippen LogP contribution in [0, 0.1) is 6.92 Å². The maximum Gasteiger partial charge on any atom is 0.304 e. The Hall–Kier alpha value is -2.89. The van der Waals surface area contributed by atoms with Crippen LogP contribution in [0.25, 0.3) is 11.1 Å². The summed E-state index contributed by atoms with van der Waals surface area (Å²) in [6.45, 7) is 1.99. The molecule has 0 saturated carbocycles. The fourth-order valence-electron chi connectivity index (χ4n) is 1.74. The molecular weight excluding hydrogens is 258 g/mol. The number of ether oxygens (including phenoxy) is 1. The van der Waals surface area contributed by atoms with Gasteiger partial charge in [-0.25, -0.2) is 4.98 Å². The molecular formula is C14H11N3O3. The lowest BCUT2D eigenvalue weighted by Gasteiger charge is -2.05. The topological polar surface area (TPSA) is 91.2 Å². The predicted molar refractivity (Wildman–Crippen MR) is 71.6 cm³/mol. The number of benzene rings is 1. The number of primary amides is 1. The van der Waals surface area contributed by atoms with Crippen molar-refractivity contribution in [3.63, 3.8) is 0 Å². The normalized spacial score (nSPS) is 10.7. The van der Waals surface area contributed by atoms with E-state index in [4.69, 9.17) is 14.9 Å². The van der Waals surface area contributed by atoms with E-state index in [0.717, 1.165) is 5.56 Å². The Labute approximate surface area is 114 Å². The van der Waals surface area contributed by atoms with Gasteiger partial charge < -0.3 is 14.9 Å². The first kappa shape index (κ1) is 12.2. The lowest BCUT2D eigenvalue weighted by atomic mass is 10.2. The second-order valence-electron chi connectivity index (χ2n) is 4.28. The van der Waals surface area contributed by atoms with Gasteiger partial charge >= 0.3 is 5.91 Å². The summed E-state index contributed by atoms with van der Waals surface area (Å²) in [5, 5.41) is 0. The highest BCUT2D eigenvalue weighted by atomic mass is 16.5. The maximum absolute atomic E-state index is 11.1. The zero-order valence-electron chi connectivity index (χ0n) is 10.7. The molecule has 0 aliphatic rings. The third kappa shape index (κ3) is 2.18. The number of amides is 1. The van der Waals surface area contributed by atoms with Crippen molar-refractivity contribution in [2.45, 2.75) is 6.92 Å². The fraction of sp³-hybridized carbons (Fsp3) is 0.0714. The van der Waals surface area contributed by atoms with Crippen LogP contribution in [0.5, 0.6) is 11.5 Å². The summed E-state index contributed by atoms with van der Waals surface area (Å²) in [5.41, 5.74) is 7.03. The number of rotatable bonds is 3. The first-order chi connectivity index (χ1) is 9.63. The summed E-state index contributed by atoms with van der Waals surface area (Å²) < 4.78 is 10.9. The molecule has 2 heterocycles. The zero-order chi connectivity index (χ0) is 14.1. The summed E-state index contributed by atoms with van der Waals surface area (Å²) in [7, 11) is 0. The van der Waals surface area contributed by atoms with Gasteiger partial charge in [-0.15, -0.1) is 0 Å². The predicted octanol–water partition coefficient (Wildman–Crippen LogP) is 2.42. The molecule has 20 heavy (non-hydrogen) atoms. The van der Waals surface area contributed by atoms with Crippen LogP contribution in [-0.2, 0) is 0 Å². The lowest BCUT2D eigenvalue weighted by Crippen LogP contribution is -2.10. The molecule has 3 rings (SSSR count). The summed E-state index contributed by atoms with van der Waals surface area (Å²) in [6.07, 6.45) is 2.96. The van der Waals surface area contributed by atoms with Crippen LogP contribution in [0.3, 0.4) is 0 Å². The van der Waals surface area contributed by atoms with E-state index in [1.165, 1.54) is 12.4 Å². The van der Waals surface area contributed by atoms with Gasteiger partial charge in [0.15, 0.2) is 16.8 Å². The number of nitrogens with zero attached hydrogens (tertiary/aromatic N) is 2. The van der Waals surface area contributed by atoms with Crippen LogP contribution >= 0.6 is 0 Å². The van der Waals surface area contributed by atoms with Crippen molar-refractivity contribution in [2.24, 2.45) is 5.73 Å². The average Bonchev–Trinajstić information content (AvgIpc) is 2.87. The van der Waals surface area contributed by atoms with Crippen LogP contribution < -0.4 is 10.5 Å². The van der Waals surface area contributed by atoms with Crippen LogP contribution in [-0.4, -0.2) is 15.9 Å². The van der Waals surface area contributed by atoms with Crippen molar-refractivity contribution in [1.82, 2.24) is 9.97 Å². The number of nitrogens with two attached hydrogens (primary N) is 1. The van der Waals surface area contributed by atoms with E-state index in [1.54, 1.807) is 0 Å². The SMILES string of the molecule is Cc1ccc(Oc2cncc3oc(C(N)=O)nc23)cc1. The van der Waals surface area contributed by atoms with E-state index in [0.29, 0.717) is 22.6 Å². The maximum atomic E-state index is 11.1. The number of carbonyl (C=O) groups is 1. The Morgan fingerprint density at radius 2 is 2.00 bits per heavy atom. The molecule has 6 heteroatoms. The minimum Gasteiger partial charge on any atom is -0.453 e. The van der Waals surface area contributed by atoms with Gasteiger partial charge in [-0.1, -0.05) is 17.7 Å². The summed E-state index contributed by atoms with van der Waals surface area (Å²) in [6, 6.07) is 7.54. The molecule has 100 valence electrons. The average molecular weight is 269 g/mol. The zero-order valence-corrected chi connectivity index (χ0v) is 10.7. The molecule has 0 spiro atoms. The van der Waals surface area contributed by atoms with Gasteiger partial charge in [0.2, 0.25) is 0 Å². The number of hydrogen-bond donors (Lipinski definition) is 1. The Morgan fingerprint density at radius 3 is 2.70 bits per heavy atom. The van der Waals surface area contributed by atoms with Gasteiger partial charge in [-0.2, -0.15) is 0 Å². The number of hydrogen-bond acceptors (Lipinski definition) is 5. The van der Waals surface area contributed by atoms with Gasteiger partial charge in [0.1, 0.15) is 5.75 Å². The molecule has 0 bridgehead atoms. The second-order valence-corrected chi connectivity index (χ2v) is 4.28. The molecule has 0 fully saturated rings. The van der Waals surface area contributed by atoms with Crippen molar-refractivity contribution in [2.75, 3.05) is 0 Å². The van der Waals surface area contributed by atoms with Gasteiger partial charge in [0.25, 0.3) is 5.89 Å². The van der Waals surface area contributed by atoms with Crippen molar-refractivity contribution in [3.05, 3.63) is 48.1 Å². The van der Waals surface area contributed by atoms with Crippen molar-refractivity contribution < 1.29 is 13.9 Å². The van der Waals surface area contributed by atoms with Gasteiger partial charge in [0.05, 0.1) is 12.4 Å². The smallest absolute Gasteiger partial charge is 0.304 e. The Balaban J connectivity index is 2.02. The summed E-state index contributed by atoms with van der Waals surface area (Å²) in [5.74, 6) is 0.153. The second kappa shape index (κ2) is 4.65. The molecule has 2 aromatic heterocycles. The molecule has 0 atom stereocenters. The highest BCUT2D eigenvalue weighted by Gasteiger charge is 2.15. The van der Waals surface area contributed by atoms with Crippen LogP contribution in [0.4, 0.5) is 0 Å². The fourth-order valence-corrected chi connectivity index (χ4v) is 1.74. The van der Waals surface area contributed by atoms with Gasteiger partial charge in [-0.3, -0.25) is 9.78 Å². The van der Waals surface area contributed by atoms with E-state index in [2.05, 4.69) is 9.97 Å². The van der Waals surface area contributed by atoms with Crippen LogP contribution in [0.1, 0.15) is 16.2 Å². The Bertz CT molecular complexity index is 778. The first-order valence-electron chi connectivity index (χ1n) is 5.92. The number of aromatic nitrogens is 2. The molecule has 0 aliphatic heterocycles. The number of carbonyl (C=O) groups excluding carboxylic acids is 1. The van der Waals surface area contributed by atoms with Crippen LogP contribution in [0.15, 0.2) is 41.1 Å². The summed E-state index contributed by atoms with van der Waals surface area (Å²) >= 11 is 0. The molecule has 3 aromatic rings. The highest BCUT2D eigenvalue weighted by Crippen LogP contribution is 2.28. The molecule has 0 radical (unpaired) electrons. The number of aryl methyl sites for hydroxylation is 1. The molecule has 1 amide bonds. The minimum atomic E-state index is -0.734. The minimum absolute atomic E-state index is 0.165. The Kier molecular flexibility index (Phi) is 2.83. The highest BCUT2D eigenvalue weighted by molar-refractivity contribution is 5.92. The molecule has 1 aromatic carbocycles. The largest absolute Gasteiger partial charge is 0.453 e. The summed E-state index contributed by atoms with van der Waals surface area (Å²) in [4.78, 5) is 19.1. The van der Waals surface area contributed by atoms with E-state index in [9.17, 15) is 4.79 Å². The van der Waals surface area contributed by atoms with Crippen molar-refractivity contribution in [3.8, 4) is 11.5 Å². The van der Waals surface area contributed by atoms with Crippen molar-refractivity contribution >= 4 is 17.0 Å². The molecule has 2 N–H and O–H groups in total. The van der Waals surface area contributed by atoms with Gasteiger partial charge in [0, 0.05) is 0 Å². The quantitative estimate of drug-likeness (QED) is 0.788. The number of fused-ring (bicyclic) bond motifs is 1. The number of oxazole rings is 1. The van der Waals surface area contributed by atoms with Crippen molar-refractivity contribution in [1.29, 1.82) is 0 Å². The monoisotopic (exact) mass is 269 g/mol. The van der Waals surface area contributed by atoms with E-state index >= 15 is 0 Å². The molecule has 0 saturated heterocycles. The molecule has 0 unspecified atom stereocenters. The number of pyridine rings is 1. The van der Waals surface area contributed by atoms with E-state index in [-0.39, 0.29) is 5.89 Å². The lowest BCUT2D eigenvalue weighted by molar-refractivity contribution is 0.0969. The third-order valence-electron chi connectivity index (χ3n) is 2.73. The molecule has 0 aliphatic carbocycles. The van der Waals surface area contributed by atoms with Gasteiger partial charge in [-0.05, 0) is 19.1 Å². The van der Waals surface area contributed by atoms with E-state index < -0.39 is 5.91 Å². The van der Waals surface area contributed by atoms with E-state index in [1.807, 2.05) is 31.2 Å². The first-order valence-corrected chi connectivity index (χ1v) is 5.92. The van der Waals surface area contributed by atoms with Crippen LogP contribution in [0.2, 0.25) is 0 Å². The standard InChI is InChI=1S/C14H11N3O3/c1-8-2-4-9(5-3-8)19-10-6-16-7-11-12(10)17-14(20-11)13(15)18/h2-7H,1H3,(H2,15,18). The Morgan fingerprint density at radius 1 is 1.25 bits per heavy atom. The molecule has 6 nitrogen and oxygen atoms in total. The third-order valence-corrected chi connectivity index (χ3v) is 2.73.